The van der Waals surface area contributed by atoms with Crippen LogP contribution in [-0.4, -0.2) is 15.3 Å². The van der Waals surface area contributed by atoms with E-state index in [4.69, 9.17) is 14.2 Å². The zero-order valence-corrected chi connectivity index (χ0v) is 21.5. The van der Waals surface area contributed by atoms with Crippen molar-refractivity contribution in [3.8, 4) is 17.2 Å². The molecular formula is C30H36O6. The van der Waals surface area contributed by atoms with Crippen LogP contribution in [0, 0.1) is 0 Å². The summed E-state index contributed by atoms with van der Waals surface area (Å²) in [6.07, 6.45) is 0. The van der Waals surface area contributed by atoms with E-state index in [-0.39, 0.29) is 68.7 Å². The molecule has 0 radical (unpaired) electrons. The van der Waals surface area contributed by atoms with Crippen LogP contribution in [0.4, 0.5) is 0 Å². The molecule has 192 valence electrons. The average molecular weight is 493 g/mol. The lowest BCUT2D eigenvalue weighted by molar-refractivity contribution is 0.0930. The monoisotopic (exact) mass is 492 g/mol. The van der Waals surface area contributed by atoms with Gasteiger partial charge in [0.25, 0.3) is 0 Å². The Kier molecular flexibility index (Phi) is 8.19. The van der Waals surface area contributed by atoms with Crippen LogP contribution in [-0.2, 0) is 53.9 Å². The van der Waals surface area contributed by atoms with E-state index in [1.54, 1.807) is 0 Å². The van der Waals surface area contributed by atoms with Crippen molar-refractivity contribution >= 4 is 0 Å². The number of ether oxygens (including phenoxy) is 3. The predicted molar refractivity (Wildman–Crippen MR) is 138 cm³/mol. The van der Waals surface area contributed by atoms with Crippen LogP contribution in [0.1, 0.15) is 84.0 Å². The van der Waals surface area contributed by atoms with Gasteiger partial charge >= 0.3 is 0 Å². The average Bonchev–Trinajstić information content (AvgIpc) is 2.84. The van der Waals surface area contributed by atoms with Crippen molar-refractivity contribution in [3.05, 3.63) is 87.0 Å². The van der Waals surface area contributed by atoms with Gasteiger partial charge in [-0.05, 0) is 47.2 Å². The lowest BCUT2D eigenvalue weighted by atomic mass is 9.96. The second-order valence-corrected chi connectivity index (χ2v) is 10.1. The molecule has 0 unspecified atom stereocenters. The highest BCUT2D eigenvalue weighted by Crippen LogP contribution is 2.33. The molecule has 0 atom stereocenters. The first-order chi connectivity index (χ1) is 17.2. The van der Waals surface area contributed by atoms with Gasteiger partial charge in [0.15, 0.2) is 0 Å². The summed E-state index contributed by atoms with van der Waals surface area (Å²) >= 11 is 0. The highest BCUT2D eigenvalue weighted by Gasteiger charge is 2.17. The third-order valence-corrected chi connectivity index (χ3v) is 6.66. The summed E-state index contributed by atoms with van der Waals surface area (Å²) in [6.45, 7) is 9.56. The second kappa shape index (κ2) is 11.3. The molecule has 0 aliphatic carbocycles. The van der Waals surface area contributed by atoms with Crippen LogP contribution in [0.3, 0.4) is 0 Å². The van der Waals surface area contributed by atoms with Crippen molar-refractivity contribution in [2.75, 3.05) is 0 Å². The molecule has 4 rings (SSSR count). The minimum Gasteiger partial charge on any atom is -0.507 e. The summed E-state index contributed by atoms with van der Waals surface area (Å²) in [4.78, 5) is 0. The van der Waals surface area contributed by atoms with Crippen molar-refractivity contribution in [1.29, 1.82) is 0 Å². The minimum absolute atomic E-state index is 0.133. The maximum absolute atomic E-state index is 11.0. The minimum atomic E-state index is 0.133. The Labute approximate surface area is 213 Å². The molecular weight excluding hydrogens is 456 g/mol. The molecule has 0 spiro atoms. The van der Waals surface area contributed by atoms with E-state index in [1.807, 2.05) is 42.5 Å². The number of fused-ring (bicyclic) bond motifs is 6. The van der Waals surface area contributed by atoms with Gasteiger partial charge in [0.05, 0.1) is 39.6 Å². The molecule has 6 heteroatoms. The SMILES string of the molecule is CC(C)c1cc2c(O)c(c1)COCc1cc(C(C)C)cc(c1O)COCc1cccc(c1O)COC2. The maximum Gasteiger partial charge on any atom is 0.126 e. The van der Waals surface area contributed by atoms with Crippen LogP contribution < -0.4 is 0 Å². The van der Waals surface area contributed by atoms with Crippen molar-refractivity contribution in [3.63, 3.8) is 0 Å². The molecule has 0 saturated heterocycles. The van der Waals surface area contributed by atoms with Gasteiger partial charge in [-0.3, -0.25) is 0 Å². The van der Waals surface area contributed by atoms with Crippen molar-refractivity contribution in [2.24, 2.45) is 0 Å². The summed E-state index contributed by atoms with van der Waals surface area (Å²) in [7, 11) is 0. The van der Waals surface area contributed by atoms with Crippen LogP contribution in [0.5, 0.6) is 17.2 Å². The summed E-state index contributed by atoms with van der Waals surface area (Å²) in [5.41, 5.74) is 6.14. The molecule has 6 nitrogen and oxygen atoms in total. The molecule has 36 heavy (non-hydrogen) atoms. The van der Waals surface area contributed by atoms with E-state index < -0.39 is 0 Å². The Hall–Kier alpha value is -3.06. The highest BCUT2D eigenvalue weighted by molar-refractivity contribution is 5.46. The summed E-state index contributed by atoms with van der Waals surface area (Å²) < 4.78 is 17.8. The number of hydrogen-bond donors (Lipinski definition) is 3. The first-order valence-corrected chi connectivity index (χ1v) is 12.5. The van der Waals surface area contributed by atoms with E-state index in [2.05, 4.69) is 27.7 Å². The standard InChI is InChI=1S/C30H36O6/c1-18(2)22-8-24-14-34-12-20-6-5-7-21(28(20)31)13-35-15-25-9-23(19(3)4)11-27(30(25)33)17-36-16-26(10-22)29(24)32/h5-11,18-19,31-33H,12-17H2,1-4H3. The van der Waals surface area contributed by atoms with Gasteiger partial charge in [-0.25, -0.2) is 0 Å². The van der Waals surface area contributed by atoms with Crippen LogP contribution >= 0.6 is 0 Å². The number of benzene rings is 3. The number of phenols is 3. The molecule has 1 aliphatic rings. The number of rotatable bonds is 2. The Morgan fingerprint density at radius 3 is 1.08 bits per heavy atom. The Bertz CT molecular complexity index is 1120. The highest BCUT2D eigenvalue weighted by atomic mass is 16.5. The summed E-state index contributed by atoms with van der Waals surface area (Å²) in [6, 6.07) is 13.3. The lowest BCUT2D eigenvalue weighted by Crippen LogP contribution is -2.04. The van der Waals surface area contributed by atoms with Crippen molar-refractivity contribution in [2.45, 2.75) is 79.2 Å². The third-order valence-electron chi connectivity index (χ3n) is 6.66. The molecule has 0 saturated carbocycles. The van der Waals surface area contributed by atoms with E-state index in [0.717, 1.165) is 11.1 Å². The van der Waals surface area contributed by atoms with Gasteiger partial charge in [-0.15, -0.1) is 0 Å². The zero-order valence-electron chi connectivity index (χ0n) is 21.5. The van der Waals surface area contributed by atoms with Crippen LogP contribution in [0.15, 0.2) is 42.5 Å². The van der Waals surface area contributed by atoms with Gasteiger partial charge in [0.2, 0.25) is 0 Å². The fourth-order valence-electron chi connectivity index (χ4n) is 4.37. The third kappa shape index (κ3) is 5.84. The first kappa shape index (κ1) is 26.0. The molecule has 0 amide bonds. The second-order valence-electron chi connectivity index (χ2n) is 10.1. The Morgan fingerprint density at radius 1 is 0.500 bits per heavy atom. The number of aromatic hydroxyl groups is 3. The fraction of sp³-hybridized carbons (Fsp3) is 0.400. The molecule has 0 aromatic heterocycles. The van der Waals surface area contributed by atoms with Gasteiger partial charge in [-0.2, -0.15) is 0 Å². The van der Waals surface area contributed by atoms with E-state index in [0.29, 0.717) is 33.4 Å². The molecule has 6 bridgehead atoms. The molecule has 3 aromatic rings. The van der Waals surface area contributed by atoms with Gasteiger partial charge < -0.3 is 29.5 Å². The van der Waals surface area contributed by atoms with Crippen LogP contribution in [0.2, 0.25) is 0 Å². The van der Waals surface area contributed by atoms with Crippen molar-refractivity contribution < 1.29 is 29.5 Å². The van der Waals surface area contributed by atoms with Gasteiger partial charge in [0.1, 0.15) is 17.2 Å². The molecule has 3 aromatic carbocycles. The topological polar surface area (TPSA) is 88.4 Å². The first-order valence-electron chi connectivity index (χ1n) is 12.5. The molecule has 0 fully saturated rings. The largest absolute Gasteiger partial charge is 0.507 e. The molecule has 1 heterocycles. The maximum atomic E-state index is 11.0. The fourth-order valence-corrected chi connectivity index (χ4v) is 4.37. The summed E-state index contributed by atoms with van der Waals surface area (Å²) in [5.74, 6) is 0.946. The van der Waals surface area contributed by atoms with E-state index in [1.165, 1.54) is 0 Å². The molecule has 3 N–H and O–H groups in total. The lowest BCUT2D eigenvalue weighted by Gasteiger charge is -2.18. The number of phenolic OH excluding ortho intramolecular Hbond substituents is 3. The number of para-hydroxylation sites is 1. The summed E-state index contributed by atoms with van der Waals surface area (Å²) in [5, 5.41) is 32.7. The zero-order chi connectivity index (χ0) is 25.8. The van der Waals surface area contributed by atoms with Gasteiger partial charge in [-0.1, -0.05) is 45.9 Å². The van der Waals surface area contributed by atoms with Gasteiger partial charge in [0, 0.05) is 33.4 Å². The number of hydrogen-bond acceptors (Lipinski definition) is 6. The predicted octanol–water partition coefficient (Wildman–Crippen LogP) is 6.51. The normalized spacial score (nSPS) is 15.1. The van der Waals surface area contributed by atoms with Crippen molar-refractivity contribution in [1.82, 2.24) is 0 Å². The quantitative estimate of drug-likeness (QED) is 0.378. The Balaban J connectivity index is 1.74. The van der Waals surface area contributed by atoms with E-state index in [9.17, 15) is 15.3 Å². The Morgan fingerprint density at radius 2 is 0.778 bits per heavy atom. The smallest absolute Gasteiger partial charge is 0.126 e. The van der Waals surface area contributed by atoms with Crippen LogP contribution in [0.25, 0.3) is 0 Å². The molecule has 1 aliphatic heterocycles. The van der Waals surface area contributed by atoms with E-state index >= 15 is 0 Å².